The third-order valence-electron chi connectivity index (χ3n) is 5.00. The molecule has 2 aliphatic heterocycles. The van der Waals surface area contributed by atoms with E-state index in [0.717, 1.165) is 26.2 Å². The predicted molar refractivity (Wildman–Crippen MR) is 157 cm³/mol. The summed E-state index contributed by atoms with van der Waals surface area (Å²) in [6.07, 6.45) is 7.73. The Bertz CT molecular complexity index is 682. The van der Waals surface area contributed by atoms with E-state index in [1.54, 1.807) is 0 Å². The normalized spacial score (nSPS) is 14.5. The Morgan fingerprint density at radius 1 is 0.636 bits per heavy atom. The summed E-state index contributed by atoms with van der Waals surface area (Å²) in [6, 6.07) is 21.6. The molecule has 0 amide bonds. The molecule has 0 aromatic heterocycles. The van der Waals surface area contributed by atoms with Gasteiger partial charge in [0.15, 0.2) is 0 Å². The minimum Gasteiger partial charge on any atom is -0.411 e. The van der Waals surface area contributed by atoms with Gasteiger partial charge in [0.25, 0.3) is 0 Å². The van der Waals surface area contributed by atoms with Crippen molar-refractivity contribution in [3.8, 4) is 0 Å². The van der Waals surface area contributed by atoms with Crippen molar-refractivity contribution in [2.24, 2.45) is 0 Å². The molecule has 33 heavy (non-hydrogen) atoms. The number of benzene rings is 2. The maximum atomic E-state index is 4.86. The van der Waals surface area contributed by atoms with Gasteiger partial charge in [-0.3, -0.25) is 0 Å². The number of piperidine rings is 2. The summed E-state index contributed by atoms with van der Waals surface area (Å²) < 4.78 is 1.30. The quantitative estimate of drug-likeness (QED) is 0.157. The van der Waals surface area contributed by atoms with Crippen molar-refractivity contribution in [3.63, 3.8) is 0 Å². The SMILES string of the molecule is Cc1cc[c-]cc1.Cc1cc[c-]cc1.S=C([S-])N1CCCCC1.S=C([S-])N1CCCCC1.[Sn+4]. The second-order valence-corrected chi connectivity index (χ2v) is 9.85. The minimum atomic E-state index is 0. The number of aryl methyl sites for hydroxylation is 2. The summed E-state index contributed by atoms with van der Waals surface area (Å²) in [5.41, 5.74) is 2.58. The van der Waals surface area contributed by atoms with Gasteiger partial charge < -0.3 is 59.5 Å². The molecule has 2 aliphatic rings. The molecular formula is C26H34N2S4Sn. The van der Waals surface area contributed by atoms with Gasteiger partial charge in [0.2, 0.25) is 0 Å². The Balaban J connectivity index is 0.000000412. The Morgan fingerprint density at radius 3 is 1.06 bits per heavy atom. The van der Waals surface area contributed by atoms with Gasteiger partial charge in [-0.25, -0.2) is 0 Å². The van der Waals surface area contributed by atoms with E-state index in [1.165, 1.54) is 49.7 Å². The van der Waals surface area contributed by atoms with Crippen molar-refractivity contribution >= 4 is 82.2 Å². The number of likely N-dealkylation sites (tertiary alicyclic amines) is 2. The molecule has 2 saturated heterocycles. The van der Waals surface area contributed by atoms with Gasteiger partial charge in [0.1, 0.15) is 0 Å². The molecular weight excluding hydrogens is 587 g/mol. The molecule has 2 aromatic carbocycles. The standard InChI is InChI=1S/2C7H7.2C6H11NS2.Sn/c2*1-7-5-3-2-4-6-7;2*8-6(9)7-4-2-1-3-5-7;/h2*3-6H,1H3;2*1-5H2,(H,8,9);/q2*-1;;;+4/p-2. The van der Waals surface area contributed by atoms with Crippen LogP contribution in [0.5, 0.6) is 0 Å². The fraction of sp³-hybridized carbons (Fsp3) is 0.462. The first kappa shape index (κ1) is 32.5. The molecule has 2 heterocycles. The Kier molecular flexibility index (Phi) is 20.5. The summed E-state index contributed by atoms with van der Waals surface area (Å²) in [4.78, 5) is 4.21. The monoisotopic (exact) mass is 622 g/mol. The van der Waals surface area contributed by atoms with Crippen LogP contribution in [0.15, 0.2) is 48.5 Å². The molecule has 0 radical (unpaired) electrons. The predicted octanol–water partition coefficient (Wildman–Crippen LogP) is 5.82. The summed E-state index contributed by atoms with van der Waals surface area (Å²) >= 11 is 19.4. The van der Waals surface area contributed by atoms with Crippen molar-refractivity contribution < 1.29 is 0 Å². The van der Waals surface area contributed by atoms with Gasteiger partial charge in [-0.15, -0.1) is 0 Å². The smallest absolute Gasteiger partial charge is 0.411 e. The average molecular weight is 622 g/mol. The van der Waals surface area contributed by atoms with Crippen molar-refractivity contribution in [2.45, 2.75) is 52.4 Å². The van der Waals surface area contributed by atoms with Crippen LogP contribution in [0.2, 0.25) is 0 Å². The van der Waals surface area contributed by atoms with Crippen LogP contribution in [0.1, 0.15) is 49.7 Å². The first-order valence-corrected chi connectivity index (χ1v) is 12.8. The molecule has 2 fully saturated rings. The van der Waals surface area contributed by atoms with Crippen LogP contribution in [-0.4, -0.2) is 68.5 Å². The molecule has 0 N–H and O–H groups in total. The number of nitrogens with zero attached hydrogens (tertiary/aromatic N) is 2. The van der Waals surface area contributed by atoms with Gasteiger partial charge >= 0.3 is 23.9 Å². The van der Waals surface area contributed by atoms with Crippen LogP contribution in [0.4, 0.5) is 0 Å². The third-order valence-corrected chi connectivity index (χ3v) is 6.03. The zero-order valence-electron chi connectivity index (χ0n) is 19.7. The third kappa shape index (κ3) is 17.5. The van der Waals surface area contributed by atoms with Gasteiger partial charge in [0.05, 0.1) is 0 Å². The van der Waals surface area contributed by atoms with Crippen molar-refractivity contribution in [1.82, 2.24) is 9.80 Å². The zero-order valence-corrected chi connectivity index (χ0v) is 25.8. The van der Waals surface area contributed by atoms with E-state index >= 15 is 0 Å². The summed E-state index contributed by atoms with van der Waals surface area (Å²) in [5.74, 6) is 0. The first-order chi connectivity index (χ1) is 15.4. The van der Waals surface area contributed by atoms with Crippen LogP contribution >= 0.6 is 24.4 Å². The van der Waals surface area contributed by atoms with E-state index in [0.29, 0.717) is 8.64 Å². The second-order valence-electron chi connectivity index (χ2n) is 7.78. The van der Waals surface area contributed by atoms with Crippen molar-refractivity contribution in [2.75, 3.05) is 26.2 Å². The molecule has 0 spiro atoms. The molecule has 4 rings (SSSR count). The van der Waals surface area contributed by atoms with Gasteiger partial charge in [-0.1, -0.05) is 22.5 Å². The first-order valence-electron chi connectivity index (χ1n) is 11.2. The number of hydrogen-bond acceptors (Lipinski definition) is 4. The minimum absolute atomic E-state index is 0. The molecule has 176 valence electrons. The summed E-state index contributed by atoms with van der Waals surface area (Å²) in [6.45, 7) is 8.47. The Labute approximate surface area is 240 Å². The average Bonchev–Trinajstić information content (AvgIpc) is 2.82. The second kappa shape index (κ2) is 20.8. The number of hydrogen-bond donors (Lipinski definition) is 0. The van der Waals surface area contributed by atoms with E-state index in [-0.39, 0.29) is 23.9 Å². The van der Waals surface area contributed by atoms with E-state index in [2.05, 4.69) is 35.8 Å². The number of thiocarbonyl (C=S) groups is 2. The van der Waals surface area contributed by atoms with Gasteiger partial charge in [0, 0.05) is 26.2 Å². The van der Waals surface area contributed by atoms with Gasteiger partial charge in [-0.05, 0) is 38.5 Å². The van der Waals surface area contributed by atoms with E-state index < -0.39 is 0 Å². The largest absolute Gasteiger partial charge is 4.00 e. The van der Waals surface area contributed by atoms with Crippen LogP contribution in [0.3, 0.4) is 0 Å². The van der Waals surface area contributed by atoms with Crippen LogP contribution in [-0.2, 0) is 25.3 Å². The molecule has 0 unspecified atom stereocenters. The van der Waals surface area contributed by atoms with Gasteiger partial charge in [-0.2, -0.15) is 71.8 Å². The number of rotatable bonds is 0. The van der Waals surface area contributed by atoms with Crippen LogP contribution < -0.4 is 0 Å². The van der Waals surface area contributed by atoms with Crippen molar-refractivity contribution in [1.29, 1.82) is 0 Å². The fourth-order valence-corrected chi connectivity index (χ4v) is 3.82. The van der Waals surface area contributed by atoms with Crippen LogP contribution in [0.25, 0.3) is 0 Å². The molecule has 2 nitrogen and oxygen atoms in total. The Morgan fingerprint density at radius 2 is 0.909 bits per heavy atom. The summed E-state index contributed by atoms with van der Waals surface area (Å²) in [7, 11) is 0. The topological polar surface area (TPSA) is 6.48 Å². The molecule has 0 bridgehead atoms. The molecule has 0 atom stereocenters. The maximum absolute atomic E-state index is 4.86. The van der Waals surface area contributed by atoms with Crippen LogP contribution in [0, 0.1) is 26.0 Å². The Hall–Kier alpha value is -0.541. The van der Waals surface area contributed by atoms with E-state index in [1.807, 2.05) is 48.5 Å². The zero-order chi connectivity index (χ0) is 23.6. The van der Waals surface area contributed by atoms with Crippen molar-refractivity contribution in [3.05, 3.63) is 71.8 Å². The summed E-state index contributed by atoms with van der Waals surface area (Å²) in [5, 5.41) is 0. The molecule has 0 aliphatic carbocycles. The fourth-order valence-electron chi connectivity index (χ4n) is 3.09. The maximum Gasteiger partial charge on any atom is 4.00 e. The molecule has 0 saturated carbocycles. The van der Waals surface area contributed by atoms with E-state index in [9.17, 15) is 0 Å². The molecule has 2 aromatic rings. The van der Waals surface area contributed by atoms with E-state index in [4.69, 9.17) is 49.7 Å². The molecule has 7 heteroatoms.